The third-order valence-corrected chi connectivity index (χ3v) is 4.40. The van der Waals surface area contributed by atoms with Gasteiger partial charge in [0.1, 0.15) is 11.5 Å². The summed E-state index contributed by atoms with van der Waals surface area (Å²) < 4.78 is 27.6. The van der Waals surface area contributed by atoms with E-state index in [1.54, 1.807) is 6.92 Å². The van der Waals surface area contributed by atoms with Gasteiger partial charge in [-0.2, -0.15) is 0 Å². The van der Waals surface area contributed by atoms with Crippen LogP contribution in [0.1, 0.15) is 32.3 Å². The molecule has 1 heterocycles. The van der Waals surface area contributed by atoms with Gasteiger partial charge in [-0.1, -0.05) is 24.8 Å². The molecule has 0 radical (unpaired) electrons. The largest absolute Gasteiger partial charge is 0.330 e. The minimum Gasteiger partial charge on any atom is -0.330 e. The molecule has 0 fully saturated rings. The first-order valence-corrected chi connectivity index (χ1v) is 7.38. The molecule has 1 N–H and O–H groups in total. The number of hydrogen-bond acceptors (Lipinski definition) is 3. The number of aliphatic imine (C=N–C) groups is 1. The number of benzene rings is 1. The van der Waals surface area contributed by atoms with Gasteiger partial charge in [0.2, 0.25) is 0 Å². The summed E-state index contributed by atoms with van der Waals surface area (Å²) in [4.78, 5) is 4.57. The Labute approximate surface area is 116 Å². The molecule has 0 saturated heterocycles. The monoisotopic (exact) mass is 284 g/mol. The summed E-state index contributed by atoms with van der Waals surface area (Å²) >= 11 is 1.50. The van der Waals surface area contributed by atoms with Crippen molar-refractivity contribution in [1.29, 1.82) is 0 Å². The lowest BCUT2D eigenvalue weighted by molar-refractivity contribution is 0.443. The van der Waals surface area contributed by atoms with E-state index in [9.17, 15) is 8.78 Å². The molecule has 0 aromatic heterocycles. The molecular weight excluding hydrogens is 266 g/mol. The zero-order valence-corrected chi connectivity index (χ0v) is 12.2. The molecule has 0 aliphatic carbocycles. The normalized spacial score (nSPS) is 23.1. The number of aryl methyl sites for hydroxylation is 1. The average Bonchev–Trinajstić information content (AvgIpc) is 2.39. The maximum absolute atomic E-state index is 13.9. The SMILES string of the molecule is CCC1(C)CCSC(Nc2c(F)ccc(C)c2F)=N1. The van der Waals surface area contributed by atoms with Crippen molar-refractivity contribution < 1.29 is 8.78 Å². The smallest absolute Gasteiger partial charge is 0.161 e. The van der Waals surface area contributed by atoms with Crippen LogP contribution in [0.5, 0.6) is 0 Å². The van der Waals surface area contributed by atoms with Crippen LogP contribution in [0, 0.1) is 18.6 Å². The minimum absolute atomic E-state index is 0.105. The summed E-state index contributed by atoms with van der Waals surface area (Å²) in [5.41, 5.74) is 0.180. The second kappa shape index (κ2) is 5.49. The second-order valence-electron chi connectivity index (χ2n) is 5.04. The Kier molecular flexibility index (Phi) is 4.13. The van der Waals surface area contributed by atoms with E-state index >= 15 is 0 Å². The molecule has 0 spiro atoms. The highest BCUT2D eigenvalue weighted by molar-refractivity contribution is 8.14. The number of rotatable bonds is 2. The molecule has 2 nitrogen and oxygen atoms in total. The van der Waals surface area contributed by atoms with Gasteiger partial charge in [0.15, 0.2) is 11.0 Å². The molecule has 5 heteroatoms. The molecule has 1 aliphatic heterocycles. The Bertz CT molecular complexity index is 516. The Hall–Kier alpha value is -1.10. The van der Waals surface area contributed by atoms with Crippen LogP contribution in [0.2, 0.25) is 0 Å². The summed E-state index contributed by atoms with van der Waals surface area (Å²) in [7, 11) is 0. The molecule has 0 bridgehead atoms. The van der Waals surface area contributed by atoms with Gasteiger partial charge in [0, 0.05) is 5.75 Å². The van der Waals surface area contributed by atoms with Gasteiger partial charge in [-0.15, -0.1) is 0 Å². The van der Waals surface area contributed by atoms with Gasteiger partial charge >= 0.3 is 0 Å². The summed E-state index contributed by atoms with van der Waals surface area (Å²) in [5, 5.41) is 3.41. The molecule has 0 saturated carbocycles. The Morgan fingerprint density at radius 1 is 1.42 bits per heavy atom. The number of amidine groups is 1. The van der Waals surface area contributed by atoms with Gasteiger partial charge in [-0.25, -0.2) is 8.78 Å². The van der Waals surface area contributed by atoms with Crippen LogP contribution in [-0.2, 0) is 0 Å². The Morgan fingerprint density at radius 2 is 2.16 bits per heavy atom. The number of thioether (sulfide) groups is 1. The Balaban J connectivity index is 2.29. The number of nitrogens with zero attached hydrogens (tertiary/aromatic N) is 1. The van der Waals surface area contributed by atoms with Crippen LogP contribution in [0.4, 0.5) is 14.5 Å². The van der Waals surface area contributed by atoms with Crippen molar-refractivity contribution in [1.82, 2.24) is 0 Å². The first-order chi connectivity index (χ1) is 8.95. The predicted octanol–water partition coefficient (Wildman–Crippen LogP) is 4.35. The lowest BCUT2D eigenvalue weighted by atomic mass is 9.97. The quantitative estimate of drug-likeness (QED) is 0.873. The van der Waals surface area contributed by atoms with Crippen molar-refractivity contribution in [3.05, 3.63) is 29.3 Å². The lowest BCUT2D eigenvalue weighted by Crippen LogP contribution is -2.30. The van der Waals surface area contributed by atoms with E-state index in [-0.39, 0.29) is 11.2 Å². The van der Waals surface area contributed by atoms with Crippen LogP contribution >= 0.6 is 11.8 Å². The van der Waals surface area contributed by atoms with Crippen LogP contribution in [0.3, 0.4) is 0 Å². The highest BCUT2D eigenvalue weighted by Gasteiger charge is 2.26. The fourth-order valence-corrected chi connectivity index (χ4v) is 3.09. The molecule has 1 aromatic carbocycles. The topological polar surface area (TPSA) is 24.4 Å². The first kappa shape index (κ1) is 14.3. The molecular formula is C14H18F2N2S. The zero-order chi connectivity index (χ0) is 14.0. The van der Waals surface area contributed by atoms with Crippen molar-refractivity contribution >= 4 is 22.6 Å². The fourth-order valence-electron chi connectivity index (χ4n) is 1.90. The number of nitrogens with one attached hydrogen (secondary N) is 1. The third kappa shape index (κ3) is 3.08. The standard InChI is InChI=1S/C14H18F2N2S/c1-4-14(3)7-8-19-13(18-14)17-12-10(15)6-5-9(2)11(12)16/h5-6H,4,7-8H2,1-3H3,(H,17,18). The third-order valence-electron chi connectivity index (χ3n) is 3.53. The average molecular weight is 284 g/mol. The van der Waals surface area contributed by atoms with E-state index in [4.69, 9.17) is 0 Å². The van der Waals surface area contributed by atoms with E-state index in [1.165, 1.54) is 23.9 Å². The molecule has 19 heavy (non-hydrogen) atoms. The van der Waals surface area contributed by atoms with E-state index in [0.717, 1.165) is 18.6 Å². The molecule has 1 aliphatic rings. The summed E-state index contributed by atoms with van der Waals surface area (Å²) in [6.45, 7) is 5.76. The molecule has 1 aromatic rings. The van der Waals surface area contributed by atoms with Gasteiger partial charge in [0.05, 0.1) is 5.54 Å². The van der Waals surface area contributed by atoms with E-state index in [0.29, 0.717) is 10.7 Å². The zero-order valence-electron chi connectivity index (χ0n) is 11.4. The highest BCUT2D eigenvalue weighted by Crippen LogP contribution is 2.31. The van der Waals surface area contributed by atoms with Crippen LogP contribution in [-0.4, -0.2) is 16.5 Å². The summed E-state index contributed by atoms with van der Waals surface area (Å²) in [5.74, 6) is -0.229. The van der Waals surface area contributed by atoms with Gasteiger partial charge in [-0.05, 0) is 38.3 Å². The van der Waals surface area contributed by atoms with Crippen molar-refractivity contribution in [2.45, 2.75) is 39.2 Å². The fraction of sp³-hybridized carbons (Fsp3) is 0.500. The van der Waals surface area contributed by atoms with Crippen LogP contribution in [0.25, 0.3) is 0 Å². The van der Waals surface area contributed by atoms with Crippen LogP contribution < -0.4 is 5.32 Å². The molecule has 0 amide bonds. The van der Waals surface area contributed by atoms with Crippen molar-refractivity contribution in [3.8, 4) is 0 Å². The van der Waals surface area contributed by atoms with Crippen LogP contribution in [0.15, 0.2) is 17.1 Å². The second-order valence-corrected chi connectivity index (χ2v) is 6.13. The maximum atomic E-state index is 13.9. The first-order valence-electron chi connectivity index (χ1n) is 6.39. The maximum Gasteiger partial charge on any atom is 0.161 e. The van der Waals surface area contributed by atoms with Gasteiger partial charge in [0.25, 0.3) is 0 Å². The van der Waals surface area contributed by atoms with E-state index < -0.39 is 11.6 Å². The van der Waals surface area contributed by atoms with E-state index in [2.05, 4.69) is 24.2 Å². The number of hydrogen-bond donors (Lipinski definition) is 1. The summed E-state index contributed by atoms with van der Waals surface area (Å²) in [6, 6.07) is 2.70. The van der Waals surface area contributed by atoms with Gasteiger partial charge in [-0.3, -0.25) is 4.99 Å². The Morgan fingerprint density at radius 3 is 2.84 bits per heavy atom. The molecule has 1 unspecified atom stereocenters. The number of anilines is 1. The van der Waals surface area contributed by atoms with Crippen molar-refractivity contribution in [2.24, 2.45) is 4.99 Å². The molecule has 1 atom stereocenters. The van der Waals surface area contributed by atoms with Gasteiger partial charge < -0.3 is 5.32 Å². The number of halogens is 2. The lowest BCUT2D eigenvalue weighted by Gasteiger charge is -2.29. The summed E-state index contributed by atoms with van der Waals surface area (Å²) in [6.07, 6.45) is 1.90. The minimum atomic E-state index is -0.588. The predicted molar refractivity (Wildman–Crippen MR) is 77.9 cm³/mol. The highest BCUT2D eigenvalue weighted by atomic mass is 32.2. The van der Waals surface area contributed by atoms with Crippen molar-refractivity contribution in [3.63, 3.8) is 0 Å². The molecule has 2 rings (SSSR count). The van der Waals surface area contributed by atoms with Crippen molar-refractivity contribution in [2.75, 3.05) is 11.1 Å². The van der Waals surface area contributed by atoms with E-state index in [1.807, 2.05) is 0 Å². The molecule has 104 valence electrons.